The first-order valence-corrected chi connectivity index (χ1v) is 5.02. The quantitative estimate of drug-likeness (QED) is 0.751. The van der Waals surface area contributed by atoms with Gasteiger partial charge in [0, 0.05) is 9.58 Å². The Bertz CT molecular complexity index is 475. The van der Waals surface area contributed by atoms with Gasteiger partial charge in [0.1, 0.15) is 11.9 Å². The fourth-order valence-electron chi connectivity index (χ4n) is 1.29. The van der Waals surface area contributed by atoms with Crippen LogP contribution in [0.15, 0.2) is 36.9 Å². The van der Waals surface area contributed by atoms with Crippen molar-refractivity contribution in [1.82, 2.24) is 0 Å². The first-order valence-electron chi connectivity index (χ1n) is 4.20. The van der Waals surface area contributed by atoms with E-state index in [0.717, 1.165) is 15.0 Å². The minimum Gasteiger partial charge on any atom is -0.383 e. The molecule has 1 aromatic carbocycles. The van der Waals surface area contributed by atoms with Gasteiger partial charge in [0.25, 0.3) is 0 Å². The van der Waals surface area contributed by atoms with Gasteiger partial charge in [0.15, 0.2) is 0 Å². The lowest BCUT2D eigenvalue weighted by Gasteiger charge is -1.97. The van der Waals surface area contributed by atoms with Crippen LogP contribution in [-0.4, -0.2) is 5.11 Å². The van der Waals surface area contributed by atoms with E-state index in [9.17, 15) is 9.50 Å². The smallest absolute Gasteiger partial charge is 0.124 e. The molecule has 2 aromatic rings. The maximum absolute atomic E-state index is 12.9. The van der Waals surface area contributed by atoms with Crippen LogP contribution in [0, 0.1) is 5.82 Å². The maximum atomic E-state index is 12.9. The summed E-state index contributed by atoms with van der Waals surface area (Å²) in [5.74, 6) is -0.251. The van der Waals surface area contributed by atoms with E-state index in [-0.39, 0.29) is 5.82 Å². The van der Waals surface area contributed by atoms with Crippen molar-refractivity contribution in [3.05, 3.63) is 47.6 Å². The summed E-state index contributed by atoms with van der Waals surface area (Å²) >= 11 is 1.38. The Hall–Kier alpha value is -1.19. The molecular formula is C11H9FOS. The average molecular weight is 208 g/mol. The normalized spacial score (nSPS) is 13.0. The SMILES string of the molecule is C=CC(O)c1cc2ccc(F)cc2s1. The minimum atomic E-state index is -0.657. The summed E-state index contributed by atoms with van der Waals surface area (Å²) < 4.78 is 13.7. The number of thiophene rings is 1. The number of hydrogen-bond donors (Lipinski definition) is 1. The molecule has 2 rings (SSSR count). The summed E-state index contributed by atoms with van der Waals surface area (Å²) in [5, 5.41) is 10.4. The highest BCUT2D eigenvalue weighted by atomic mass is 32.1. The number of fused-ring (bicyclic) bond motifs is 1. The summed E-state index contributed by atoms with van der Waals surface area (Å²) in [5.41, 5.74) is 0. The van der Waals surface area contributed by atoms with Gasteiger partial charge < -0.3 is 5.11 Å². The van der Waals surface area contributed by atoms with Gasteiger partial charge in [-0.15, -0.1) is 17.9 Å². The van der Waals surface area contributed by atoms with Gasteiger partial charge in [-0.3, -0.25) is 0 Å². The van der Waals surface area contributed by atoms with Crippen molar-refractivity contribution in [1.29, 1.82) is 0 Å². The Kier molecular flexibility index (Phi) is 2.35. The van der Waals surface area contributed by atoms with Gasteiger partial charge >= 0.3 is 0 Å². The van der Waals surface area contributed by atoms with Crippen LogP contribution >= 0.6 is 11.3 Å². The highest BCUT2D eigenvalue weighted by Gasteiger charge is 2.07. The fraction of sp³-hybridized carbons (Fsp3) is 0.0909. The standard InChI is InChI=1S/C11H9FOS/c1-2-9(13)11-5-7-3-4-8(12)6-10(7)14-11/h2-6,9,13H,1H2. The largest absolute Gasteiger partial charge is 0.383 e. The molecule has 1 unspecified atom stereocenters. The average Bonchev–Trinajstić information content (AvgIpc) is 2.59. The van der Waals surface area contributed by atoms with E-state index in [1.807, 2.05) is 6.07 Å². The lowest BCUT2D eigenvalue weighted by Crippen LogP contribution is -1.85. The zero-order chi connectivity index (χ0) is 10.1. The van der Waals surface area contributed by atoms with Crippen LogP contribution < -0.4 is 0 Å². The molecule has 0 aliphatic heterocycles. The van der Waals surface area contributed by atoms with E-state index >= 15 is 0 Å². The molecule has 0 spiro atoms. The molecule has 1 nitrogen and oxygen atoms in total. The number of benzene rings is 1. The van der Waals surface area contributed by atoms with Crippen molar-refractivity contribution >= 4 is 21.4 Å². The van der Waals surface area contributed by atoms with Crippen LogP contribution in [0.25, 0.3) is 10.1 Å². The molecular weight excluding hydrogens is 199 g/mol. The zero-order valence-electron chi connectivity index (χ0n) is 7.40. The minimum absolute atomic E-state index is 0.251. The fourth-order valence-corrected chi connectivity index (χ4v) is 2.36. The second kappa shape index (κ2) is 3.52. The third-order valence-corrected chi connectivity index (χ3v) is 3.18. The Morgan fingerprint density at radius 3 is 2.93 bits per heavy atom. The zero-order valence-corrected chi connectivity index (χ0v) is 8.22. The second-order valence-electron chi connectivity index (χ2n) is 3.01. The highest BCUT2D eigenvalue weighted by molar-refractivity contribution is 7.19. The predicted octanol–water partition coefficient (Wildman–Crippen LogP) is 3.26. The molecule has 1 aromatic heterocycles. The van der Waals surface area contributed by atoms with E-state index in [4.69, 9.17) is 0 Å². The topological polar surface area (TPSA) is 20.2 Å². The summed E-state index contributed by atoms with van der Waals surface area (Å²) in [4.78, 5) is 0.792. The summed E-state index contributed by atoms with van der Waals surface area (Å²) in [6.45, 7) is 3.51. The van der Waals surface area contributed by atoms with Crippen LogP contribution in [-0.2, 0) is 0 Å². The van der Waals surface area contributed by atoms with Gasteiger partial charge in [-0.05, 0) is 23.6 Å². The molecule has 72 valence electrons. The third-order valence-electron chi connectivity index (χ3n) is 2.02. The molecule has 0 fully saturated rings. The second-order valence-corrected chi connectivity index (χ2v) is 4.13. The Balaban J connectivity index is 2.56. The molecule has 0 aliphatic carbocycles. The summed E-state index contributed by atoms with van der Waals surface area (Å²) in [6.07, 6.45) is 0.802. The third kappa shape index (κ3) is 1.56. The van der Waals surface area contributed by atoms with Crippen molar-refractivity contribution in [3.8, 4) is 0 Å². The molecule has 0 bridgehead atoms. The number of hydrogen-bond acceptors (Lipinski definition) is 2. The molecule has 0 saturated heterocycles. The van der Waals surface area contributed by atoms with Crippen LogP contribution in [0.2, 0.25) is 0 Å². The van der Waals surface area contributed by atoms with E-state index in [1.54, 1.807) is 6.07 Å². The molecule has 1 heterocycles. The van der Waals surface area contributed by atoms with Crippen LogP contribution in [0.4, 0.5) is 4.39 Å². The Morgan fingerprint density at radius 1 is 1.43 bits per heavy atom. The number of halogens is 1. The first-order chi connectivity index (χ1) is 6.70. The van der Waals surface area contributed by atoms with Gasteiger partial charge in [-0.25, -0.2) is 4.39 Å². The van der Waals surface area contributed by atoms with E-state index < -0.39 is 6.10 Å². The summed E-state index contributed by atoms with van der Waals surface area (Å²) in [6, 6.07) is 6.45. The lowest BCUT2D eigenvalue weighted by molar-refractivity contribution is 0.233. The van der Waals surface area contributed by atoms with E-state index in [0.29, 0.717) is 0 Å². The molecule has 3 heteroatoms. The summed E-state index contributed by atoms with van der Waals surface area (Å²) in [7, 11) is 0. The van der Waals surface area contributed by atoms with Crippen molar-refractivity contribution in [2.75, 3.05) is 0 Å². The predicted molar refractivity (Wildman–Crippen MR) is 56.9 cm³/mol. The molecule has 0 amide bonds. The number of rotatable bonds is 2. The van der Waals surface area contributed by atoms with Crippen LogP contribution in [0.3, 0.4) is 0 Å². The van der Waals surface area contributed by atoms with Crippen molar-refractivity contribution < 1.29 is 9.50 Å². The van der Waals surface area contributed by atoms with Crippen LogP contribution in [0.1, 0.15) is 11.0 Å². The van der Waals surface area contributed by atoms with Gasteiger partial charge in [0.05, 0.1) is 0 Å². The van der Waals surface area contributed by atoms with E-state index in [1.165, 1.54) is 29.5 Å². The van der Waals surface area contributed by atoms with Gasteiger partial charge in [0.2, 0.25) is 0 Å². The molecule has 1 N–H and O–H groups in total. The van der Waals surface area contributed by atoms with Gasteiger partial charge in [-0.2, -0.15) is 0 Å². The first kappa shape index (κ1) is 9.37. The van der Waals surface area contributed by atoms with Crippen molar-refractivity contribution in [2.24, 2.45) is 0 Å². The Morgan fingerprint density at radius 2 is 2.21 bits per heavy atom. The molecule has 0 aliphatic rings. The maximum Gasteiger partial charge on any atom is 0.124 e. The molecule has 1 atom stereocenters. The van der Waals surface area contributed by atoms with E-state index in [2.05, 4.69) is 6.58 Å². The highest BCUT2D eigenvalue weighted by Crippen LogP contribution is 2.30. The van der Waals surface area contributed by atoms with Gasteiger partial charge in [-0.1, -0.05) is 12.1 Å². The van der Waals surface area contributed by atoms with Crippen molar-refractivity contribution in [3.63, 3.8) is 0 Å². The molecule has 0 saturated carbocycles. The number of aliphatic hydroxyl groups excluding tert-OH is 1. The van der Waals surface area contributed by atoms with Crippen LogP contribution in [0.5, 0.6) is 0 Å². The molecule has 0 radical (unpaired) electrons. The monoisotopic (exact) mass is 208 g/mol. The molecule has 14 heavy (non-hydrogen) atoms. The lowest BCUT2D eigenvalue weighted by atomic mass is 10.2. The van der Waals surface area contributed by atoms with Crippen molar-refractivity contribution in [2.45, 2.75) is 6.10 Å². The number of aliphatic hydroxyl groups is 1. The Labute approximate surface area is 85.1 Å².